The van der Waals surface area contributed by atoms with E-state index in [9.17, 15) is 9.59 Å². The molecule has 3 heterocycles. The van der Waals surface area contributed by atoms with Gasteiger partial charge in [0, 0.05) is 39.2 Å². The van der Waals surface area contributed by atoms with Crippen LogP contribution in [0.15, 0.2) is 60.0 Å². The summed E-state index contributed by atoms with van der Waals surface area (Å²) >= 11 is 1.68. The highest BCUT2D eigenvalue weighted by Gasteiger charge is 2.17. The van der Waals surface area contributed by atoms with Crippen LogP contribution in [0.2, 0.25) is 0 Å². The molecule has 0 bridgehead atoms. The van der Waals surface area contributed by atoms with Crippen molar-refractivity contribution in [3.63, 3.8) is 0 Å². The first-order chi connectivity index (χ1) is 16.3. The van der Waals surface area contributed by atoms with E-state index in [1.54, 1.807) is 17.4 Å². The first-order valence-corrected chi connectivity index (χ1v) is 11.9. The van der Waals surface area contributed by atoms with Crippen LogP contribution in [-0.4, -0.2) is 32.7 Å². The number of esters is 1. The Bertz CT molecular complexity index is 1350. The minimum atomic E-state index is -0.563. The molecule has 0 atom stereocenters. The highest BCUT2D eigenvalue weighted by atomic mass is 32.1. The Morgan fingerprint density at radius 3 is 2.50 bits per heavy atom. The van der Waals surface area contributed by atoms with Crippen molar-refractivity contribution in [1.82, 2.24) is 14.3 Å². The summed E-state index contributed by atoms with van der Waals surface area (Å²) in [6.45, 7) is 8.17. The van der Waals surface area contributed by atoms with Crippen molar-refractivity contribution < 1.29 is 14.3 Å². The minimum absolute atomic E-state index is 0.212. The normalized spacial score (nSPS) is 11.3. The maximum atomic E-state index is 12.8. The summed E-state index contributed by atoms with van der Waals surface area (Å²) in [6, 6.07) is 15.8. The third-order valence-corrected chi connectivity index (χ3v) is 6.71. The number of rotatable bonds is 8. The Morgan fingerprint density at radius 1 is 1.03 bits per heavy atom. The summed E-state index contributed by atoms with van der Waals surface area (Å²) in [6.07, 6.45) is 3.04. The Hall–Kier alpha value is -3.71. The van der Waals surface area contributed by atoms with E-state index in [0.717, 1.165) is 40.6 Å². The predicted molar refractivity (Wildman–Crippen MR) is 135 cm³/mol. The second-order valence-corrected chi connectivity index (χ2v) is 9.18. The van der Waals surface area contributed by atoms with Crippen LogP contribution in [0.25, 0.3) is 11.8 Å². The molecule has 6 nitrogen and oxygen atoms in total. The summed E-state index contributed by atoms with van der Waals surface area (Å²) in [5.41, 5.74) is 5.99. The van der Waals surface area contributed by atoms with E-state index in [-0.39, 0.29) is 12.4 Å². The predicted octanol–water partition coefficient (Wildman–Crippen LogP) is 5.46. The molecule has 0 N–H and O–H groups in total. The Balaban J connectivity index is 1.40. The van der Waals surface area contributed by atoms with Crippen LogP contribution < -0.4 is 0 Å². The lowest BCUT2D eigenvalue weighted by atomic mass is 10.1. The molecule has 0 radical (unpaired) electrons. The van der Waals surface area contributed by atoms with Crippen LogP contribution in [0, 0.1) is 27.7 Å². The van der Waals surface area contributed by atoms with E-state index in [1.165, 1.54) is 11.0 Å². The lowest BCUT2D eigenvalue weighted by molar-refractivity contribution is -0.136. The molecule has 34 heavy (non-hydrogen) atoms. The van der Waals surface area contributed by atoms with E-state index >= 15 is 0 Å². The monoisotopic (exact) mass is 473 g/mol. The molecular formula is C27H27N3O3S. The van der Waals surface area contributed by atoms with E-state index in [4.69, 9.17) is 4.74 Å². The fraction of sp³-hybridized carbons (Fsp3) is 0.222. The summed E-state index contributed by atoms with van der Waals surface area (Å²) in [7, 11) is 0. The highest BCUT2D eigenvalue weighted by Crippen LogP contribution is 2.21. The molecule has 174 valence electrons. The number of hydrogen-bond acceptors (Lipinski definition) is 5. The third-order valence-electron chi connectivity index (χ3n) is 5.85. The van der Waals surface area contributed by atoms with Crippen LogP contribution in [-0.2, 0) is 16.1 Å². The van der Waals surface area contributed by atoms with Crippen molar-refractivity contribution in [2.24, 2.45) is 0 Å². The zero-order valence-corrected chi connectivity index (χ0v) is 20.6. The molecule has 0 unspecified atom stereocenters. The van der Waals surface area contributed by atoms with E-state index < -0.39 is 5.97 Å². The number of aromatic nitrogens is 3. The maximum Gasteiger partial charge on any atom is 0.331 e. The summed E-state index contributed by atoms with van der Waals surface area (Å²) in [5.74, 6) is -0.774. The van der Waals surface area contributed by atoms with E-state index in [2.05, 4.69) is 15.7 Å². The van der Waals surface area contributed by atoms with Gasteiger partial charge in [0.25, 0.3) is 0 Å². The fourth-order valence-corrected chi connectivity index (χ4v) is 4.71. The van der Waals surface area contributed by atoms with E-state index in [1.807, 2.05) is 80.2 Å². The average Bonchev–Trinajstić information content (AvgIpc) is 3.52. The molecule has 0 spiro atoms. The average molecular weight is 474 g/mol. The molecule has 0 aliphatic carbocycles. The molecule has 3 aromatic heterocycles. The number of benzene rings is 1. The number of ketones is 1. The Labute approximate surface area is 203 Å². The van der Waals surface area contributed by atoms with Crippen molar-refractivity contribution in [2.75, 3.05) is 6.61 Å². The third kappa shape index (κ3) is 4.94. The van der Waals surface area contributed by atoms with Gasteiger partial charge < -0.3 is 9.30 Å². The van der Waals surface area contributed by atoms with Crippen LogP contribution in [0.3, 0.4) is 0 Å². The molecule has 4 rings (SSSR count). The van der Waals surface area contributed by atoms with Crippen molar-refractivity contribution in [3.05, 3.63) is 98.8 Å². The quantitative estimate of drug-likeness (QED) is 0.194. The van der Waals surface area contributed by atoms with Crippen LogP contribution >= 0.6 is 11.3 Å². The van der Waals surface area contributed by atoms with Crippen molar-refractivity contribution in [1.29, 1.82) is 0 Å². The van der Waals surface area contributed by atoms with Crippen molar-refractivity contribution in [3.8, 4) is 5.69 Å². The van der Waals surface area contributed by atoms with Gasteiger partial charge in [-0.3, -0.25) is 4.79 Å². The molecule has 0 aliphatic rings. The summed E-state index contributed by atoms with van der Waals surface area (Å²) in [4.78, 5) is 26.3. The van der Waals surface area contributed by atoms with Gasteiger partial charge >= 0.3 is 5.97 Å². The molecule has 7 heteroatoms. The zero-order valence-electron chi connectivity index (χ0n) is 19.7. The van der Waals surface area contributed by atoms with Crippen LogP contribution in [0.5, 0.6) is 0 Å². The van der Waals surface area contributed by atoms with Gasteiger partial charge in [-0.25, -0.2) is 9.48 Å². The van der Waals surface area contributed by atoms with Crippen LogP contribution in [0.1, 0.15) is 43.6 Å². The van der Waals surface area contributed by atoms with Gasteiger partial charge in [0.15, 0.2) is 6.61 Å². The van der Waals surface area contributed by atoms with Gasteiger partial charge in [-0.2, -0.15) is 5.10 Å². The second kappa shape index (κ2) is 10.1. The number of para-hydroxylation sites is 1. The lowest BCUT2D eigenvalue weighted by Gasteiger charge is -2.08. The molecule has 0 aliphatic heterocycles. The largest absolute Gasteiger partial charge is 0.454 e. The Morgan fingerprint density at radius 2 is 1.79 bits per heavy atom. The zero-order chi connectivity index (χ0) is 24.2. The van der Waals surface area contributed by atoms with Gasteiger partial charge in [0.05, 0.1) is 17.9 Å². The minimum Gasteiger partial charge on any atom is -0.454 e. The van der Waals surface area contributed by atoms with Gasteiger partial charge in [-0.15, -0.1) is 11.3 Å². The lowest BCUT2D eigenvalue weighted by Crippen LogP contribution is -2.13. The van der Waals surface area contributed by atoms with Gasteiger partial charge in [-0.1, -0.05) is 24.3 Å². The van der Waals surface area contributed by atoms with E-state index in [0.29, 0.717) is 5.56 Å². The van der Waals surface area contributed by atoms with Gasteiger partial charge in [0.1, 0.15) is 0 Å². The SMILES string of the molecule is Cc1nn(-c2ccccc2)c(C)c1C=CC(=O)OCC(=O)c1cc(C)n(Cc2cccs2)c1C. The molecule has 0 amide bonds. The standard InChI is InChI=1S/C27H27N3O3S/c1-18-15-25(20(3)29(18)16-23-11-8-14-34-23)26(31)17-33-27(32)13-12-24-19(2)28-30(21(24)4)22-9-6-5-7-10-22/h5-15H,16-17H2,1-4H3. The number of hydrogen-bond donors (Lipinski definition) is 0. The van der Waals surface area contributed by atoms with Crippen LogP contribution in [0.4, 0.5) is 0 Å². The first-order valence-electron chi connectivity index (χ1n) is 11.0. The molecular weight excluding hydrogens is 446 g/mol. The van der Waals surface area contributed by atoms with Gasteiger partial charge in [0.2, 0.25) is 5.78 Å². The topological polar surface area (TPSA) is 66.1 Å². The number of carbonyl (C=O) groups excluding carboxylic acids is 2. The van der Waals surface area contributed by atoms with Gasteiger partial charge in [-0.05, 0) is 63.4 Å². The Kier molecular flexibility index (Phi) is 6.93. The fourth-order valence-electron chi connectivity index (χ4n) is 4.02. The second-order valence-electron chi connectivity index (χ2n) is 8.15. The molecule has 0 saturated carbocycles. The number of Topliss-reactive ketones (excluding diaryl/α,β-unsaturated/α-hetero) is 1. The smallest absolute Gasteiger partial charge is 0.331 e. The van der Waals surface area contributed by atoms with Crippen molar-refractivity contribution in [2.45, 2.75) is 34.2 Å². The maximum absolute atomic E-state index is 12.8. The summed E-state index contributed by atoms with van der Waals surface area (Å²) < 4.78 is 9.20. The molecule has 0 saturated heterocycles. The number of nitrogens with zero attached hydrogens (tertiary/aromatic N) is 3. The molecule has 4 aromatic rings. The molecule has 0 fully saturated rings. The first kappa shape index (κ1) is 23.4. The number of carbonyl (C=O) groups is 2. The molecule has 1 aromatic carbocycles. The van der Waals surface area contributed by atoms with Crippen molar-refractivity contribution >= 4 is 29.2 Å². The summed E-state index contributed by atoms with van der Waals surface area (Å²) in [5, 5.41) is 6.62. The number of aryl methyl sites for hydroxylation is 2. The highest BCUT2D eigenvalue weighted by molar-refractivity contribution is 7.09. The number of ether oxygens (including phenoxy) is 1. The number of thiophene rings is 1.